The summed E-state index contributed by atoms with van der Waals surface area (Å²) in [5.41, 5.74) is 9.94. The molecule has 0 aliphatic heterocycles. The standard InChI is InChI=1S/C45H27N5/c46-28-30-24-31(29-47)26-40(25-30)33-16-14-32(15-17-33)39-23-20-34-12-7-13-41(42(34)27-39)35-18-21-38(22-19-35)45-49-43(36-8-3-1-4-9-36)48-44(50-45)37-10-5-2-6-11-37/h1-27H. The molecular weight excluding hydrogens is 611 g/mol. The Morgan fingerprint density at radius 1 is 0.340 bits per heavy atom. The van der Waals surface area contributed by atoms with Gasteiger partial charge in [-0.05, 0) is 68.4 Å². The fourth-order valence-corrected chi connectivity index (χ4v) is 6.22. The van der Waals surface area contributed by atoms with E-state index in [4.69, 9.17) is 15.0 Å². The number of benzene rings is 7. The molecule has 0 N–H and O–H groups in total. The molecule has 232 valence electrons. The van der Waals surface area contributed by atoms with E-state index >= 15 is 0 Å². The highest BCUT2D eigenvalue weighted by Gasteiger charge is 2.13. The second-order valence-corrected chi connectivity index (χ2v) is 12.0. The fourth-order valence-electron chi connectivity index (χ4n) is 6.22. The van der Waals surface area contributed by atoms with E-state index < -0.39 is 0 Å². The molecule has 5 nitrogen and oxygen atoms in total. The van der Waals surface area contributed by atoms with Gasteiger partial charge in [-0.2, -0.15) is 10.5 Å². The Kier molecular flexibility index (Phi) is 7.91. The lowest BCUT2D eigenvalue weighted by Crippen LogP contribution is -2.00. The normalized spacial score (nSPS) is 10.8. The van der Waals surface area contributed by atoms with Crippen LogP contribution in [0.5, 0.6) is 0 Å². The van der Waals surface area contributed by atoms with E-state index in [-0.39, 0.29) is 0 Å². The molecule has 0 aliphatic carbocycles. The molecule has 0 unspecified atom stereocenters. The van der Waals surface area contributed by atoms with Gasteiger partial charge in [-0.25, -0.2) is 15.0 Å². The zero-order valence-electron chi connectivity index (χ0n) is 26.8. The molecule has 0 spiro atoms. The van der Waals surface area contributed by atoms with Crippen LogP contribution in [0.25, 0.3) is 78.3 Å². The molecule has 50 heavy (non-hydrogen) atoms. The summed E-state index contributed by atoms with van der Waals surface area (Å²) in [6.45, 7) is 0. The Bertz CT molecular complexity index is 2490. The first kappa shape index (κ1) is 30.1. The molecule has 1 aromatic heterocycles. The first-order valence-corrected chi connectivity index (χ1v) is 16.2. The Labute approximate surface area is 290 Å². The van der Waals surface area contributed by atoms with Crippen molar-refractivity contribution in [2.24, 2.45) is 0 Å². The summed E-state index contributed by atoms with van der Waals surface area (Å²) in [5, 5.41) is 21.1. The van der Waals surface area contributed by atoms with Crippen LogP contribution in [0.4, 0.5) is 0 Å². The van der Waals surface area contributed by atoms with Gasteiger partial charge in [-0.15, -0.1) is 0 Å². The van der Waals surface area contributed by atoms with Crippen LogP contribution in [0, 0.1) is 22.7 Å². The highest BCUT2D eigenvalue weighted by atomic mass is 15.0. The molecule has 0 atom stereocenters. The molecule has 0 bridgehead atoms. The quantitative estimate of drug-likeness (QED) is 0.181. The van der Waals surface area contributed by atoms with Crippen LogP contribution in [0.3, 0.4) is 0 Å². The minimum atomic E-state index is 0.473. The minimum Gasteiger partial charge on any atom is -0.208 e. The predicted molar refractivity (Wildman–Crippen MR) is 199 cm³/mol. The third-order valence-electron chi connectivity index (χ3n) is 8.78. The third kappa shape index (κ3) is 6.00. The Morgan fingerprint density at radius 2 is 0.800 bits per heavy atom. The summed E-state index contributed by atoms with van der Waals surface area (Å²) in [5.74, 6) is 1.89. The average Bonchev–Trinajstić information content (AvgIpc) is 3.20. The number of hydrogen-bond acceptors (Lipinski definition) is 5. The molecule has 0 amide bonds. The maximum Gasteiger partial charge on any atom is 0.164 e. The van der Waals surface area contributed by atoms with E-state index in [1.807, 2.05) is 84.9 Å². The van der Waals surface area contributed by atoms with E-state index in [9.17, 15) is 10.5 Å². The number of rotatable bonds is 6. The topological polar surface area (TPSA) is 86.2 Å². The van der Waals surface area contributed by atoms with Crippen molar-refractivity contribution in [1.82, 2.24) is 15.0 Å². The van der Waals surface area contributed by atoms with Crippen LogP contribution < -0.4 is 0 Å². The molecule has 7 aromatic carbocycles. The molecule has 8 rings (SSSR count). The second-order valence-electron chi connectivity index (χ2n) is 12.0. The Hall–Kier alpha value is -7.21. The molecule has 0 saturated carbocycles. The molecule has 0 fully saturated rings. The number of nitriles is 2. The summed E-state index contributed by atoms with van der Waals surface area (Å²) >= 11 is 0. The van der Waals surface area contributed by atoms with Crippen LogP contribution >= 0.6 is 0 Å². The number of hydrogen-bond donors (Lipinski definition) is 0. The zero-order valence-corrected chi connectivity index (χ0v) is 26.8. The molecular formula is C45H27N5. The molecule has 0 radical (unpaired) electrons. The van der Waals surface area contributed by atoms with Crippen LogP contribution in [0.1, 0.15) is 11.1 Å². The molecule has 8 aromatic rings. The largest absolute Gasteiger partial charge is 0.208 e. The van der Waals surface area contributed by atoms with Crippen molar-refractivity contribution in [2.75, 3.05) is 0 Å². The Balaban J connectivity index is 1.13. The lowest BCUT2D eigenvalue weighted by atomic mass is 9.93. The van der Waals surface area contributed by atoms with Gasteiger partial charge in [0.25, 0.3) is 0 Å². The van der Waals surface area contributed by atoms with Gasteiger partial charge in [0.05, 0.1) is 23.3 Å². The highest BCUT2D eigenvalue weighted by molar-refractivity contribution is 5.99. The van der Waals surface area contributed by atoms with E-state index in [2.05, 4.69) is 84.9 Å². The smallest absolute Gasteiger partial charge is 0.164 e. The lowest BCUT2D eigenvalue weighted by molar-refractivity contribution is 1.07. The van der Waals surface area contributed by atoms with Crippen LogP contribution in [-0.4, -0.2) is 15.0 Å². The highest BCUT2D eigenvalue weighted by Crippen LogP contribution is 2.34. The first-order chi connectivity index (χ1) is 24.6. The lowest BCUT2D eigenvalue weighted by Gasteiger charge is -2.12. The summed E-state index contributed by atoms with van der Waals surface area (Å²) in [7, 11) is 0. The number of nitrogens with zero attached hydrogens (tertiary/aromatic N) is 5. The predicted octanol–water partition coefficient (Wildman–Crippen LogP) is 10.8. The Morgan fingerprint density at radius 3 is 1.34 bits per heavy atom. The fraction of sp³-hybridized carbons (Fsp3) is 0. The van der Waals surface area contributed by atoms with Gasteiger partial charge in [0, 0.05) is 16.7 Å². The maximum atomic E-state index is 9.41. The zero-order chi connectivity index (χ0) is 33.9. The van der Waals surface area contributed by atoms with Crippen LogP contribution in [0.15, 0.2) is 164 Å². The van der Waals surface area contributed by atoms with Gasteiger partial charge in [0.2, 0.25) is 0 Å². The number of aromatic nitrogens is 3. The minimum absolute atomic E-state index is 0.473. The summed E-state index contributed by atoms with van der Waals surface area (Å²) in [6.07, 6.45) is 0. The molecule has 1 heterocycles. The maximum absolute atomic E-state index is 9.41. The van der Waals surface area contributed by atoms with Crippen molar-refractivity contribution < 1.29 is 0 Å². The van der Waals surface area contributed by atoms with Crippen molar-refractivity contribution in [3.8, 4) is 79.7 Å². The SMILES string of the molecule is N#Cc1cc(C#N)cc(-c2ccc(-c3ccc4cccc(-c5ccc(-c6nc(-c7ccccc7)nc(-c7ccccc7)n6)cc5)c4c3)cc2)c1. The van der Waals surface area contributed by atoms with Crippen LogP contribution in [-0.2, 0) is 0 Å². The number of fused-ring (bicyclic) bond motifs is 1. The molecule has 0 saturated heterocycles. The second kappa shape index (κ2) is 13.1. The van der Waals surface area contributed by atoms with Gasteiger partial charge < -0.3 is 0 Å². The van der Waals surface area contributed by atoms with Gasteiger partial charge >= 0.3 is 0 Å². The van der Waals surface area contributed by atoms with Gasteiger partial charge in [-0.1, -0.05) is 140 Å². The molecule has 0 aliphatic rings. The average molecular weight is 638 g/mol. The van der Waals surface area contributed by atoms with E-state index in [1.54, 1.807) is 6.07 Å². The monoisotopic (exact) mass is 637 g/mol. The van der Waals surface area contributed by atoms with Gasteiger partial charge in [-0.3, -0.25) is 0 Å². The van der Waals surface area contributed by atoms with Crippen molar-refractivity contribution in [1.29, 1.82) is 10.5 Å². The van der Waals surface area contributed by atoms with Crippen molar-refractivity contribution in [3.63, 3.8) is 0 Å². The third-order valence-corrected chi connectivity index (χ3v) is 8.78. The van der Waals surface area contributed by atoms with Crippen molar-refractivity contribution >= 4 is 10.8 Å². The van der Waals surface area contributed by atoms with E-state index in [0.29, 0.717) is 28.6 Å². The van der Waals surface area contributed by atoms with Crippen molar-refractivity contribution in [3.05, 3.63) is 175 Å². The summed E-state index contributed by atoms with van der Waals surface area (Å²) in [4.78, 5) is 14.6. The first-order valence-electron chi connectivity index (χ1n) is 16.2. The van der Waals surface area contributed by atoms with Crippen LogP contribution in [0.2, 0.25) is 0 Å². The van der Waals surface area contributed by atoms with Gasteiger partial charge in [0.15, 0.2) is 17.5 Å². The van der Waals surface area contributed by atoms with E-state index in [0.717, 1.165) is 60.8 Å². The van der Waals surface area contributed by atoms with E-state index in [1.165, 1.54) is 0 Å². The molecule has 5 heteroatoms. The summed E-state index contributed by atoms with van der Waals surface area (Å²) in [6, 6.07) is 59.1. The van der Waals surface area contributed by atoms with Crippen molar-refractivity contribution in [2.45, 2.75) is 0 Å². The van der Waals surface area contributed by atoms with Gasteiger partial charge in [0.1, 0.15) is 0 Å². The summed E-state index contributed by atoms with van der Waals surface area (Å²) < 4.78 is 0.